The minimum atomic E-state index is -3.75. The van der Waals surface area contributed by atoms with E-state index in [2.05, 4.69) is 0 Å². The van der Waals surface area contributed by atoms with Gasteiger partial charge >= 0.3 is 0 Å². The van der Waals surface area contributed by atoms with Crippen LogP contribution in [0.25, 0.3) is 0 Å². The minimum Gasteiger partial charge on any atom is -0.489 e. The van der Waals surface area contributed by atoms with Gasteiger partial charge < -0.3 is 14.4 Å². The molecule has 0 aromatic heterocycles. The van der Waals surface area contributed by atoms with Gasteiger partial charge in [0.1, 0.15) is 0 Å². The molecule has 1 heterocycles. The van der Waals surface area contributed by atoms with Gasteiger partial charge in [-0.2, -0.15) is 0 Å². The number of fused-ring (bicyclic) bond motifs is 1. The van der Waals surface area contributed by atoms with E-state index in [1.807, 2.05) is 6.92 Å². The lowest BCUT2D eigenvalue weighted by Crippen LogP contribution is -2.31. The van der Waals surface area contributed by atoms with Crippen LogP contribution in [0.4, 0.5) is 0 Å². The number of ether oxygens (including phenoxy) is 2. The molecule has 2 aromatic rings. The maximum absolute atomic E-state index is 12.8. The number of rotatable bonds is 5. The van der Waals surface area contributed by atoms with E-state index in [9.17, 15) is 13.2 Å². The summed E-state index contributed by atoms with van der Waals surface area (Å²) in [7, 11) is -2.05. The van der Waals surface area contributed by atoms with Crippen molar-refractivity contribution in [1.82, 2.24) is 4.90 Å². The van der Waals surface area contributed by atoms with Crippen molar-refractivity contribution in [2.75, 3.05) is 20.3 Å². The molecule has 7 nitrogen and oxygen atoms in total. The van der Waals surface area contributed by atoms with Crippen molar-refractivity contribution in [1.29, 1.82) is 0 Å². The number of benzene rings is 2. The number of nitrogens with two attached hydrogens (primary N) is 1. The van der Waals surface area contributed by atoms with Crippen molar-refractivity contribution >= 4 is 27.5 Å². The number of carbonyl (C=O) groups is 1. The summed E-state index contributed by atoms with van der Waals surface area (Å²) in [6.45, 7) is 2.94. The van der Waals surface area contributed by atoms with Crippen LogP contribution < -0.4 is 14.6 Å². The summed E-state index contributed by atoms with van der Waals surface area (Å²) in [5.74, 6) is 0.947. The lowest BCUT2D eigenvalue weighted by Gasteiger charge is -2.26. The summed E-state index contributed by atoms with van der Waals surface area (Å²) in [5, 5.41) is 5.54. The molecule has 1 amide bonds. The predicted molar refractivity (Wildman–Crippen MR) is 110 cm³/mol. The molecule has 0 radical (unpaired) electrons. The molecular weight excluding hydrogens is 416 g/mol. The monoisotopic (exact) mass is 438 g/mol. The van der Waals surface area contributed by atoms with E-state index in [0.717, 1.165) is 17.5 Å². The molecule has 1 unspecified atom stereocenters. The fourth-order valence-electron chi connectivity index (χ4n) is 3.06. The first kappa shape index (κ1) is 21.4. The van der Waals surface area contributed by atoms with E-state index >= 15 is 0 Å². The largest absolute Gasteiger partial charge is 0.489 e. The number of amides is 1. The maximum atomic E-state index is 12.8. The zero-order valence-electron chi connectivity index (χ0n) is 16.2. The highest BCUT2D eigenvalue weighted by Gasteiger charge is 2.21. The van der Waals surface area contributed by atoms with E-state index in [0.29, 0.717) is 29.7 Å². The van der Waals surface area contributed by atoms with Gasteiger partial charge in [-0.15, -0.1) is 0 Å². The van der Waals surface area contributed by atoms with Gasteiger partial charge in [-0.25, -0.2) is 13.6 Å². The first-order chi connectivity index (χ1) is 13.7. The van der Waals surface area contributed by atoms with Crippen molar-refractivity contribution in [3.63, 3.8) is 0 Å². The Morgan fingerprint density at radius 2 is 1.86 bits per heavy atom. The lowest BCUT2D eigenvalue weighted by atomic mass is 10.1. The average molecular weight is 439 g/mol. The number of hydrogen-bond acceptors (Lipinski definition) is 5. The Bertz CT molecular complexity index is 1010. The predicted octanol–water partition coefficient (Wildman–Crippen LogP) is 2.91. The van der Waals surface area contributed by atoms with Gasteiger partial charge in [0, 0.05) is 13.5 Å². The standard InChI is InChI=1S/C20H23ClN2O5S/c1-13(15-4-6-16(7-5-15)29(22,25)26)23(2)19(24)12-14-10-17(21)20-18(11-14)27-8-3-9-28-20/h4-7,10-11,13H,3,8-9,12H2,1-2H3,(H2,22,25,26). The molecule has 2 N–H and O–H groups in total. The highest BCUT2D eigenvalue weighted by Crippen LogP contribution is 2.38. The first-order valence-electron chi connectivity index (χ1n) is 9.13. The third kappa shape index (κ3) is 5.01. The molecule has 0 fully saturated rings. The highest BCUT2D eigenvalue weighted by molar-refractivity contribution is 7.89. The van der Waals surface area contributed by atoms with Gasteiger partial charge in [0.2, 0.25) is 15.9 Å². The van der Waals surface area contributed by atoms with Crippen molar-refractivity contribution in [2.24, 2.45) is 5.14 Å². The molecule has 3 rings (SSSR count). The molecule has 9 heteroatoms. The number of likely N-dealkylation sites (N-methyl/N-ethyl adjacent to an activating group) is 1. The molecule has 1 aliphatic rings. The zero-order chi connectivity index (χ0) is 21.2. The molecule has 0 saturated carbocycles. The second-order valence-corrected chi connectivity index (χ2v) is 8.90. The highest BCUT2D eigenvalue weighted by atomic mass is 35.5. The lowest BCUT2D eigenvalue weighted by molar-refractivity contribution is -0.131. The van der Waals surface area contributed by atoms with E-state index in [1.54, 1.807) is 36.2 Å². The van der Waals surface area contributed by atoms with Gasteiger partial charge in [0.15, 0.2) is 11.5 Å². The first-order valence-corrected chi connectivity index (χ1v) is 11.1. The SMILES string of the molecule is CC(c1ccc(S(N)(=O)=O)cc1)N(C)C(=O)Cc1cc(Cl)c2c(c1)OCCCO2. The van der Waals surface area contributed by atoms with Crippen LogP contribution in [0.5, 0.6) is 11.5 Å². The Hall–Kier alpha value is -2.29. The van der Waals surface area contributed by atoms with Crippen LogP contribution >= 0.6 is 11.6 Å². The van der Waals surface area contributed by atoms with Gasteiger partial charge in [-0.3, -0.25) is 4.79 Å². The molecule has 0 saturated heterocycles. The van der Waals surface area contributed by atoms with Crippen LogP contribution in [0, 0.1) is 0 Å². The maximum Gasteiger partial charge on any atom is 0.238 e. The van der Waals surface area contributed by atoms with Crippen molar-refractivity contribution < 1.29 is 22.7 Å². The van der Waals surface area contributed by atoms with Crippen LogP contribution in [0.15, 0.2) is 41.3 Å². The smallest absolute Gasteiger partial charge is 0.238 e. The van der Waals surface area contributed by atoms with E-state index in [1.165, 1.54) is 12.1 Å². The van der Waals surface area contributed by atoms with Gasteiger partial charge in [0.25, 0.3) is 0 Å². The van der Waals surface area contributed by atoms with E-state index in [4.69, 9.17) is 26.2 Å². The molecule has 156 valence electrons. The molecule has 0 spiro atoms. The topological polar surface area (TPSA) is 98.9 Å². The van der Waals surface area contributed by atoms with Crippen LogP contribution in [-0.4, -0.2) is 39.5 Å². The Morgan fingerprint density at radius 3 is 2.52 bits per heavy atom. The third-order valence-electron chi connectivity index (χ3n) is 4.88. The fourth-order valence-corrected chi connectivity index (χ4v) is 3.86. The molecular formula is C20H23ClN2O5S. The Morgan fingerprint density at radius 1 is 1.21 bits per heavy atom. The van der Waals surface area contributed by atoms with E-state index < -0.39 is 10.0 Å². The minimum absolute atomic E-state index is 0.0317. The second kappa shape index (κ2) is 8.61. The molecule has 29 heavy (non-hydrogen) atoms. The summed E-state index contributed by atoms with van der Waals surface area (Å²) < 4.78 is 34.1. The van der Waals surface area contributed by atoms with Gasteiger partial charge in [-0.05, 0) is 42.3 Å². The number of carbonyl (C=O) groups excluding carboxylic acids is 1. The third-order valence-corrected chi connectivity index (χ3v) is 6.09. The quantitative estimate of drug-likeness (QED) is 0.773. The van der Waals surface area contributed by atoms with Crippen LogP contribution in [0.1, 0.15) is 30.5 Å². The molecule has 2 aromatic carbocycles. The summed E-state index contributed by atoms with van der Waals surface area (Å²) in [6.07, 6.45) is 0.913. The second-order valence-electron chi connectivity index (χ2n) is 6.93. The fraction of sp³-hybridized carbons (Fsp3) is 0.350. The van der Waals surface area contributed by atoms with E-state index in [-0.39, 0.29) is 23.3 Å². The number of sulfonamides is 1. The van der Waals surface area contributed by atoms with Crippen molar-refractivity contribution in [3.8, 4) is 11.5 Å². The molecule has 0 aliphatic carbocycles. The molecule has 0 bridgehead atoms. The van der Waals surface area contributed by atoms with Crippen LogP contribution in [0.2, 0.25) is 5.02 Å². The number of nitrogens with zero attached hydrogens (tertiary/aromatic N) is 1. The molecule has 1 aliphatic heterocycles. The summed E-state index contributed by atoms with van der Waals surface area (Å²) in [4.78, 5) is 14.4. The summed E-state index contributed by atoms with van der Waals surface area (Å²) in [6, 6.07) is 9.41. The summed E-state index contributed by atoms with van der Waals surface area (Å²) >= 11 is 6.30. The number of primary sulfonamides is 1. The zero-order valence-corrected chi connectivity index (χ0v) is 17.8. The van der Waals surface area contributed by atoms with Crippen LogP contribution in [0.3, 0.4) is 0 Å². The Balaban J connectivity index is 1.73. The molecule has 1 atom stereocenters. The average Bonchev–Trinajstić information content (AvgIpc) is 2.92. The number of halogens is 1. The van der Waals surface area contributed by atoms with Crippen molar-refractivity contribution in [3.05, 3.63) is 52.5 Å². The Labute approximate surface area is 175 Å². The van der Waals surface area contributed by atoms with Gasteiger partial charge in [-0.1, -0.05) is 23.7 Å². The summed E-state index contributed by atoms with van der Waals surface area (Å²) in [5.41, 5.74) is 1.53. The Kier molecular flexibility index (Phi) is 6.36. The van der Waals surface area contributed by atoms with Crippen molar-refractivity contribution in [2.45, 2.75) is 30.7 Å². The number of hydrogen-bond donors (Lipinski definition) is 1. The van der Waals surface area contributed by atoms with Gasteiger partial charge in [0.05, 0.1) is 35.6 Å². The normalized spacial score (nSPS) is 14.8. The van der Waals surface area contributed by atoms with Crippen LogP contribution in [-0.2, 0) is 21.2 Å².